The van der Waals surface area contributed by atoms with E-state index in [1.54, 1.807) is 31.1 Å². The number of carbonyl (C=O) groups excluding carboxylic acids is 2. The SMILES string of the molecule is CC(C)Oc1ccc(-c2n[nH]c3ccc(NC=O)cc23)cn1.CS[C@H]1CCN(CC(=O)N2CC=C(c3ccc(-c4ncn(CC(C)(C)O)n4)cc3)CC2)C1. The van der Waals surface area contributed by atoms with Gasteiger partial charge in [-0.2, -0.15) is 22.0 Å². The fourth-order valence-electron chi connectivity index (χ4n) is 6.54. The second kappa shape index (κ2) is 17.4. The number of pyridine rings is 1. The predicted octanol–water partition coefficient (Wildman–Crippen LogP) is 5.75. The zero-order chi connectivity index (χ0) is 38.2. The molecule has 0 saturated carbocycles. The minimum atomic E-state index is -0.830. The van der Waals surface area contributed by atoms with Gasteiger partial charge in [0, 0.05) is 59.3 Å². The number of H-pyrrole nitrogens is 1. The van der Waals surface area contributed by atoms with Gasteiger partial charge in [0.05, 0.1) is 30.3 Å². The minimum absolute atomic E-state index is 0.0848. The molecule has 54 heavy (non-hydrogen) atoms. The number of thioether (sulfide) groups is 1. The van der Waals surface area contributed by atoms with Crippen LogP contribution >= 0.6 is 11.8 Å². The predicted molar refractivity (Wildman–Crippen MR) is 214 cm³/mol. The third-order valence-electron chi connectivity index (χ3n) is 9.24. The van der Waals surface area contributed by atoms with Gasteiger partial charge in [-0.1, -0.05) is 30.3 Å². The summed E-state index contributed by atoms with van der Waals surface area (Å²) in [4.78, 5) is 36.2. The molecule has 2 aliphatic heterocycles. The van der Waals surface area contributed by atoms with Crippen LogP contribution in [0.2, 0.25) is 0 Å². The van der Waals surface area contributed by atoms with Crippen LogP contribution in [0.4, 0.5) is 5.69 Å². The van der Waals surface area contributed by atoms with Crippen LogP contribution in [0.5, 0.6) is 5.88 Å². The zero-order valence-corrected chi connectivity index (χ0v) is 32.3. The van der Waals surface area contributed by atoms with Crippen LogP contribution in [0, 0.1) is 0 Å². The third kappa shape index (κ3) is 10.1. The highest BCUT2D eigenvalue weighted by Crippen LogP contribution is 2.29. The van der Waals surface area contributed by atoms with Gasteiger partial charge in [-0.3, -0.25) is 19.6 Å². The van der Waals surface area contributed by atoms with Crippen molar-refractivity contribution >= 4 is 46.2 Å². The van der Waals surface area contributed by atoms with E-state index >= 15 is 0 Å². The number of hydrogen-bond donors (Lipinski definition) is 3. The van der Waals surface area contributed by atoms with E-state index in [-0.39, 0.29) is 12.0 Å². The summed E-state index contributed by atoms with van der Waals surface area (Å²) in [5.41, 5.74) is 5.86. The number of fused-ring (bicyclic) bond motifs is 1. The van der Waals surface area contributed by atoms with Crippen molar-refractivity contribution in [1.29, 1.82) is 0 Å². The second-order valence-electron chi connectivity index (χ2n) is 14.5. The molecule has 13 nitrogen and oxygen atoms in total. The Morgan fingerprint density at radius 3 is 2.52 bits per heavy atom. The van der Waals surface area contributed by atoms with Crippen molar-refractivity contribution in [3.05, 3.63) is 78.8 Å². The summed E-state index contributed by atoms with van der Waals surface area (Å²) < 4.78 is 7.21. The van der Waals surface area contributed by atoms with E-state index in [0.717, 1.165) is 59.5 Å². The summed E-state index contributed by atoms with van der Waals surface area (Å²) in [5.74, 6) is 1.48. The summed E-state index contributed by atoms with van der Waals surface area (Å²) in [6, 6.07) is 17.6. The van der Waals surface area contributed by atoms with Gasteiger partial charge < -0.3 is 20.1 Å². The first-order valence-electron chi connectivity index (χ1n) is 18.2. The van der Waals surface area contributed by atoms with E-state index in [0.29, 0.717) is 43.0 Å². The number of carbonyl (C=O) groups is 2. The van der Waals surface area contributed by atoms with Crippen LogP contribution in [0.1, 0.15) is 46.1 Å². The van der Waals surface area contributed by atoms with Gasteiger partial charge in [0.2, 0.25) is 18.2 Å². The molecule has 0 aliphatic carbocycles. The van der Waals surface area contributed by atoms with Crippen molar-refractivity contribution in [1.82, 2.24) is 39.7 Å². The van der Waals surface area contributed by atoms with Gasteiger partial charge in [-0.05, 0) is 88.7 Å². The molecule has 14 heteroatoms. The number of aromatic amines is 1. The van der Waals surface area contributed by atoms with Crippen molar-refractivity contribution in [3.8, 4) is 28.5 Å². The summed E-state index contributed by atoms with van der Waals surface area (Å²) in [6.45, 7) is 11.9. The number of benzene rings is 2. The number of aromatic nitrogens is 6. The molecule has 2 aromatic carbocycles. The first-order chi connectivity index (χ1) is 26.0. The standard InChI is InChI=1S/C24H33N5O2S.C16H16N4O2/c1-24(2,31)16-29-17-25-23(26-29)20-6-4-18(5-7-20)19-8-12-28(13-9-19)22(30)15-27-11-10-21(14-27)32-3;1-10(2)22-15-6-3-11(8-17-15)16-13-7-12(18-9-21)4-5-14(13)19-20-16/h4-8,17,21,31H,9-16H2,1-3H3;3-10H,1-2H3,(H,18,21)(H,19,20)/t21-;/m0./s1. The molecule has 1 fully saturated rings. The smallest absolute Gasteiger partial charge is 0.237 e. The molecule has 0 radical (unpaired) electrons. The molecule has 2 aliphatic rings. The third-order valence-corrected chi connectivity index (χ3v) is 10.3. The lowest BCUT2D eigenvalue weighted by Crippen LogP contribution is -2.41. The topological polar surface area (TPSA) is 154 Å². The molecule has 5 heterocycles. The molecule has 3 N–H and O–H groups in total. The highest BCUT2D eigenvalue weighted by Gasteiger charge is 2.26. The number of ether oxygens (including phenoxy) is 1. The van der Waals surface area contributed by atoms with Crippen molar-refractivity contribution in [3.63, 3.8) is 0 Å². The summed E-state index contributed by atoms with van der Waals surface area (Å²) in [7, 11) is 0. The molecule has 2 amide bonds. The monoisotopic (exact) mass is 751 g/mol. The van der Waals surface area contributed by atoms with E-state index in [9.17, 15) is 14.7 Å². The number of nitrogens with zero attached hydrogens (tertiary/aromatic N) is 7. The number of nitrogens with one attached hydrogen (secondary N) is 2. The van der Waals surface area contributed by atoms with Gasteiger partial charge in [0.15, 0.2) is 5.82 Å². The number of rotatable bonds is 12. The van der Waals surface area contributed by atoms with Gasteiger partial charge in [-0.25, -0.2) is 14.6 Å². The van der Waals surface area contributed by atoms with Gasteiger partial charge >= 0.3 is 0 Å². The fourth-order valence-corrected chi connectivity index (χ4v) is 7.24. The number of aliphatic hydroxyl groups is 1. The minimum Gasteiger partial charge on any atom is -0.475 e. The normalized spacial score (nSPS) is 16.2. The zero-order valence-electron chi connectivity index (χ0n) is 31.5. The van der Waals surface area contributed by atoms with Crippen LogP contribution in [-0.4, -0.2) is 113 Å². The first-order valence-corrected chi connectivity index (χ1v) is 19.5. The number of anilines is 1. The maximum atomic E-state index is 12.7. The Balaban J connectivity index is 0.000000197. The Morgan fingerprint density at radius 1 is 1.09 bits per heavy atom. The maximum Gasteiger partial charge on any atom is 0.237 e. The quantitative estimate of drug-likeness (QED) is 0.134. The van der Waals surface area contributed by atoms with E-state index in [4.69, 9.17) is 4.74 Å². The molecule has 1 atom stereocenters. The van der Waals surface area contributed by atoms with Gasteiger partial charge in [-0.15, -0.1) is 0 Å². The van der Waals surface area contributed by atoms with Crippen LogP contribution in [0.25, 0.3) is 39.1 Å². The Hall–Kier alpha value is -5.05. The van der Waals surface area contributed by atoms with Gasteiger partial charge in [0.1, 0.15) is 12.0 Å². The average Bonchev–Trinajstić information content (AvgIpc) is 3.92. The van der Waals surface area contributed by atoms with E-state index in [1.807, 2.05) is 73.0 Å². The van der Waals surface area contributed by atoms with Crippen molar-refractivity contribution in [2.45, 2.75) is 64.0 Å². The van der Waals surface area contributed by atoms with Crippen molar-refractivity contribution in [2.24, 2.45) is 0 Å². The molecule has 0 bridgehead atoms. The Morgan fingerprint density at radius 2 is 1.87 bits per heavy atom. The van der Waals surface area contributed by atoms with Gasteiger partial charge in [0.25, 0.3) is 0 Å². The van der Waals surface area contributed by atoms with Crippen LogP contribution in [0.3, 0.4) is 0 Å². The van der Waals surface area contributed by atoms with Crippen LogP contribution in [-0.2, 0) is 16.1 Å². The molecule has 5 aromatic rings. The van der Waals surface area contributed by atoms with E-state index in [2.05, 4.69) is 59.9 Å². The molecule has 1 saturated heterocycles. The Kier molecular flexibility index (Phi) is 12.5. The molecule has 7 rings (SSSR count). The molecule has 3 aromatic heterocycles. The molecule has 284 valence electrons. The van der Waals surface area contributed by atoms with E-state index in [1.165, 1.54) is 17.6 Å². The average molecular weight is 752 g/mol. The first kappa shape index (κ1) is 38.7. The van der Waals surface area contributed by atoms with Crippen molar-refractivity contribution < 1.29 is 19.4 Å². The Bertz CT molecular complexity index is 2050. The number of amides is 2. The highest BCUT2D eigenvalue weighted by atomic mass is 32.2. The molecule has 0 spiro atoms. The largest absolute Gasteiger partial charge is 0.475 e. The molecular formula is C40H49N9O4S. The van der Waals surface area contributed by atoms with Crippen LogP contribution < -0.4 is 10.1 Å². The fraction of sp³-hybridized carbons (Fsp3) is 0.400. The Labute approximate surface area is 320 Å². The lowest BCUT2D eigenvalue weighted by atomic mass is 9.98. The lowest BCUT2D eigenvalue weighted by molar-refractivity contribution is -0.131. The number of hydrogen-bond acceptors (Lipinski definition) is 10. The summed E-state index contributed by atoms with van der Waals surface area (Å²) in [5, 5.41) is 26.0. The maximum absolute atomic E-state index is 12.7. The molecule has 0 unspecified atom stereocenters. The summed E-state index contributed by atoms with van der Waals surface area (Å²) in [6.07, 6.45) is 10.5. The lowest BCUT2D eigenvalue weighted by Gasteiger charge is -2.28. The molecular weight excluding hydrogens is 703 g/mol. The van der Waals surface area contributed by atoms with Crippen molar-refractivity contribution in [2.75, 3.05) is 44.3 Å². The highest BCUT2D eigenvalue weighted by molar-refractivity contribution is 7.99. The summed E-state index contributed by atoms with van der Waals surface area (Å²) >= 11 is 1.90. The van der Waals surface area contributed by atoms with E-state index < -0.39 is 5.60 Å². The van der Waals surface area contributed by atoms with Crippen LogP contribution in [0.15, 0.2) is 73.2 Å². The second-order valence-corrected chi connectivity index (χ2v) is 15.6. The number of likely N-dealkylation sites (tertiary alicyclic amines) is 1.